The van der Waals surface area contributed by atoms with Crippen molar-refractivity contribution < 1.29 is 4.79 Å². The normalized spacial score (nSPS) is 14.3. The molecule has 3 aromatic rings. The maximum atomic E-state index is 12.3. The minimum Gasteiger partial charge on any atom is -0.330 e. The molecule has 146 valence electrons. The van der Waals surface area contributed by atoms with Crippen LogP contribution in [0.5, 0.6) is 0 Å². The number of nitrogens with zero attached hydrogens (tertiary/aromatic N) is 4. The third kappa shape index (κ3) is 4.71. The molecule has 0 radical (unpaired) electrons. The zero-order chi connectivity index (χ0) is 19.3. The summed E-state index contributed by atoms with van der Waals surface area (Å²) in [5.41, 5.74) is 2.18. The van der Waals surface area contributed by atoms with Crippen LogP contribution in [0.3, 0.4) is 0 Å². The van der Waals surface area contributed by atoms with E-state index in [-0.39, 0.29) is 11.7 Å². The Morgan fingerprint density at radius 1 is 1.21 bits per heavy atom. The topological polar surface area (TPSA) is 84.7 Å². The van der Waals surface area contributed by atoms with Gasteiger partial charge in [-0.1, -0.05) is 53.6 Å². The van der Waals surface area contributed by atoms with E-state index in [1.54, 1.807) is 6.20 Å². The van der Waals surface area contributed by atoms with Gasteiger partial charge in [0.05, 0.1) is 18.0 Å². The molecule has 0 atom stereocenters. The predicted octanol–water partition coefficient (Wildman–Crippen LogP) is 4.63. The van der Waals surface area contributed by atoms with Crippen molar-refractivity contribution >= 4 is 45.6 Å². The molecule has 0 saturated heterocycles. The van der Waals surface area contributed by atoms with E-state index in [9.17, 15) is 4.79 Å². The Morgan fingerprint density at radius 2 is 2.00 bits per heavy atom. The van der Waals surface area contributed by atoms with Gasteiger partial charge in [0.2, 0.25) is 11.0 Å². The van der Waals surface area contributed by atoms with E-state index in [0.717, 1.165) is 28.7 Å². The average Bonchev–Trinajstić information content (AvgIpc) is 3.43. The van der Waals surface area contributed by atoms with Crippen molar-refractivity contribution in [1.82, 2.24) is 20.0 Å². The van der Waals surface area contributed by atoms with Gasteiger partial charge in [0.1, 0.15) is 5.82 Å². The van der Waals surface area contributed by atoms with E-state index >= 15 is 0 Å². The number of rotatable bonds is 7. The van der Waals surface area contributed by atoms with Crippen LogP contribution in [-0.2, 0) is 4.79 Å². The van der Waals surface area contributed by atoms with E-state index in [1.165, 1.54) is 41.5 Å². The first-order valence-corrected chi connectivity index (χ1v) is 11.1. The van der Waals surface area contributed by atoms with Gasteiger partial charge in [0.15, 0.2) is 4.34 Å². The summed E-state index contributed by atoms with van der Waals surface area (Å²) in [6.07, 6.45) is 6.45. The van der Waals surface area contributed by atoms with Crippen molar-refractivity contribution in [3.8, 4) is 0 Å². The van der Waals surface area contributed by atoms with Crippen molar-refractivity contribution in [3.63, 3.8) is 0 Å². The van der Waals surface area contributed by atoms with Crippen molar-refractivity contribution in [2.75, 3.05) is 16.4 Å². The molecule has 2 N–H and O–H groups in total. The number of hydrogen-bond donors (Lipinski definition) is 2. The fraction of sp³-hybridized carbons (Fsp3) is 0.368. The molecular weight excluding hydrogens is 392 g/mol. The van der Waals surface area contributed by atoms with Gasteiger partial charge in [-0.25, -0.2) is 4.68 Å². The lowest BCUT2D eigenvalue weighted by Crippen LogP contribution is -2.19. The first-order chi connectivity index (χ1) is 13.7. The van der Waals surface area contributed by atoms with E-state index in [0.29, 0.717) is 11.2 Å². The van der Waals surface area contributed by atoms with Crippen LogP contribution in [-0.4, -0.2) is 31.6 Å². The quantitative estimate of drug-likeness (QED) is 0.548. The number of nitrogens with one attached hydrogen (secondary N) is 2. The van der Waals surface area contributed by atoms with E-state index in [1.807, 2.05) is 35.0 Å². The van der Waals surface area contributed by atoms with Gasteiger partial charge in [0.25, 0.3) is 0 Å². The highest BCUT2D eigenvalue weighted by Gasteiger charge is 2.20. The Morgan fingerprint density at radius 3 is 2.79 bits per heavy atom. The molecule has 7 nitrogen and oxygen atoms in total. The lowest BCUT2D eigenvalue weighted by molar-refractivity contribution is -0.113. The van der Waals surface area contributed by atoms with Crippen LogP contribution in [0.2, 0.25) is 0 Å². The van der Waals surface area contributed by atoms with Gasteiger partial charge in [-0.2, -0.15) is 5.10 Å². The van der Waals surface area contributed by atoms with Crippen LogP contribution < -0.4 is 10.6 Å². The number of amides is 1. The highest BCUT2D eigenvalue weighted by atomic mass is 32.2. The largest absolute Gasteiger partial charge is 0.330 e. The Bertz CT molecular complexity index is 930. The number of aromatic nitrogens is 4. The molecule has 1 saturated carbocycles. The van der Waals surface area contributed by atoms with Gasteiger partial charge in [-0.15, -0.1) is 10.2 Å². The van der Waals surface area contributed by atoms with Gasteiger partial charge in [-0.05, 0) is 31.9 Å². The molecule has 2 heterocycles. The summed E-state index contributed by atoms with van der Waals surface area (Å²) in [7, 11) is 0. The van der Waals surface area contributed by atoms with Gasteiger partial charge < -0.3 is 10.6 Å². The minimum atomic E-state index is -0.0620. The third-order valence-electron chi connectivity index (χ3n) is 4.64. The molecule has 1 aliphatic rings. The lowest BCUT2D eigenvalue weighted by atomic mass is 10.2. The molecular formula is C19H22N6OS2. The Labute approximate surface area is 171 Å². The fourth-order valence-electron chi connectivity index (χ4n) is 3.24. The SMILES string of the molecule is Cc1ccc(Nc2nnc(SCC(=O)Nc3ccnn3C3CCCC3)s2)cc1. The zero-order valence-corrected chi connectivity index (χ0v) is 17.2. The molecule has 0 spiro atoms. The van der Waals surface area contributed by atoms with Crippen molar-refractivity contribution in [3.05, 3.63) is 42.1 Å². The molecule has 4 rings (SSSR count). The standard InChI is InChI=1S/C19H22N6OS2/c1-13-6-8-14(9-7-13)21-18-23-24-19(28-18)27-12-17(26)22-16-10-11-20-25(16)15-4-2-3-5-15/h6-11,15H,2-5,12H2,1H3,(H,21,23)(H,22,26). The summed E-state index contributed by atoms with van der Waals surface area (Å²) in [5, 5.41) is 19.6. The number of benzene rings is 1. The van der Waals surface area contributed by atoms with Gasteiger partial charge in [-0.3, -0.25) is 4.79 Å². The van der Waals surface area contributed by atoms with Gasteiger partial charge >= 0.3 is 0 Å². The van der Waals surface area contributed by atoms with Gasteiger partial charge in [0, 0.05) is 11.8 Å². The second-order valence-corrected chi connectivity index (χ2v) is 9.00. The summed E-state index contributed by atoms with van der Waals surface area (Å²) in [5.74, 6) is 0.999. The van der Waals surface area contributed by atoms with Crippen LogP contribution in [0, 0.1) is 6.92 Å². The van der Waals surface area contributed by atoms with Crippen LogP contribution in [0.15, 0.2) is 40.9 Å². The maximum Gasteiger partial charge on any atom is 0.235 e. The monoisotopic (exact) mass is 414 g/mol. The lowest BCUT2D eigenvalue weighted by Gasteiger charge is -2.14. The second kappa shape index (κ2) is 8.74. The molecule has 0 bridgehead atoms. The number of carbonyl (C=O) groups is 1. The Balaban J connectivity index is 1.29. The van der Waals surface area contributed by atoms with Crippen LogP contribution in [0.25, 0.3) is 0 Å². The van der Waals surface area contributed by atoms with Crippen LogP contribution in [0.1, 0.15) is 37.3 Å². The van der Waals surface area contributed by atoms with Crippen LogP contribution >= 0.6 is 23.1 Å². The van der Waals surface area contributed by atoms with Crippen LogP contribution in [0.4, 0.5) is 16.6 Å². The number of thioether (sulfide) groups is 1. The highest BCUT2D eigenvalue weighted by molar-refractivity contribution is 8.01. The van der Waals surface area contributed by atoms with Crippen molar-refractivity contribution in [2.24, 2.45) is 0 Å². The molecule has 28 heavy (non-hydrogen) atoms. The molecule has 9 heteroatoms. The molecule has 2 aromatic heterocycles. The van der Waals surface area contributed by atoms with E-state index in [2.05, 4.69) is 32.9 Å². The maximum absolute atomic E-state index is 12.3. The number of carbonyl (C=O) groups excluding carboxylic acids is 1. The zero-order valence-electron chi connectivity index (χ0n) is 15.6. The minimum absolute atomic E-state index is 0.0620. The molecule has 1 aliphatic carbocycles. The molecule has 0 aliphatic heterocycles. The number of hydrogen-bond acceptors (Lipinski definition) is 7. The highest BCUT2D eigenvalue weighted by Crippen LogP contribution is 2.31. The molecule has 1 aromatic carbocycles. The fourth-order valence-corrected chi connectivity index (χ4v) is 4.81. The van der Waals surface area contributed by atoms with Crippen molar-refractivity contribution in [2.45, 2.75) is 43.0 Å². The summed E-state index contributed by atoms with van der Waals surface area (Å²) in [4.78, 5) is 12.3. The number of aryl methyl sites for hydroxylation is 1. The smallest absolute Gasteiger partial charge is 0.235 e. The summed E-state index contributed by atoms with van der Waals surface area (Å²) in [6, 6.07) is 10.3. The summed E-state index contributed by atoms with van der Waals surface area (Å²) < 4.78 is 2.71. The molecule has 0 unspecified atom stereocenters. The Hall–Kier alpha value is -2.39. The van der Waals surface area contributed by atoms with E-state index < -0.39 is 0 Å². The summed E-state index contributed by atoms with van der Waals surface area (Å²) in [6.45, 7) is 2.05. The Kier molecular flexibility index (Phi) is 5.92. The predicted molar refractivity (Wildman–Crippen MR) is 113 cm³/mol. The third-order valence-corrected chi connectivity index (χ3v) is 6.62. The molecule has 1 amide bonds. The van der Waals surface area contributed by atoms with Crippen molar-refractivity contribution in [1.29, 1.82) is 0 Å². The van der Waals surface area contributed by atoms with E-state index in [4.69, 9.17) is 0 Å². The first kappa shape index (κ1) is 18.9. The second-order valence-electron chi connectivity index (χ2n) is 6.80. The number of anilines is 3. The molecule has 1 fully saturated rings. The summed E-state index contributed by atoms with van der Waals surface area (Å²) >= 11 is 2.82. The average molecular weight is 415 g/mol. The first-order valence-electron chi connectivity index (χ1n) is 9.31.